The second-order valence-corrected chi connectivity index (χ2v) is 5.79. The summed E-state index contributed by atoms with van der Waals surface area (Å²) in [5.41, 5.74) is 5.85. The summed E-state index contributed by atoms with van der Waals surface area (Å²) in [6.07, 6.45) is 1.23. The van der Waals surface area contributed by atoms with Gasteiger partial charge in [-0.15, -0.1) is 0 Å². The number of benzene rings is 1. The molecule has 118 valence electrons. The lowest BCUT2D eigenvalue weighted by atomic mass is 9.87. The van der Waals surface area contributed by atoms with Gasteiger partial charge in [0.2, 0.25) is 0 Å². The molecule has 1 aliphatic heterocycles. The van der Waals surface area contributed by atoms with E-state index in [1.807, 2.05) is 31.2 Å². The summed E-state index contributed by atoms with van der Waals surface area (Å²) >= 11 is 0. The standard InChI is InChI=1S/C17H28N2O2/c1-3-20-16-6-4-5-7-17(16)21-11-10-19-9-8-14(2)15(12-18)13-19/h4-7,14-15H,3,8-13,18H2,1-2H3. The Balaban J connectivity index is 1.79. The first-order valence-corrected chi connectivity index (χ1v) is 8.01. The molecule has 0 amide bonds. The molecule has 1 aromatic carbocycles. The second-order valence-electron chi connectivity index (χ2n) is 5.79. The maximum absolute atomic E-state index is 5.89. The normalized spacial score (nSPS) is 23.0. The first-order valence-electron chi connectivity index (χ1n) is 8.01. The van der Waals surface area contributed by atoms with Crippen molar-refractivity contribution in [2.75, 3.05) is 39.4 Å². The maximum Gasteiger partial charge on any atom is 0.161 e. The van der Waals surface area contributed by atoms with E-state index in [-0.39, 0.29) is 0 Å². The quantitative estimate of drug-likeness (QED) is 0.838. The number of piperidine rings is 1. The van der Waals surface area contributed by atoms with Gasteiger partial charge in [0.25, 0.3) is 0 Å². The minimum absolute atomic E-state index is 0.620. The highest BCUT2D eigenvalue weighted by Crippen LogP contribution is 2.26. The minimum Gasteiger partial charge on any atom is -0.490 e. The van der Waals surface area contributed by atoms with Crippen LogP contribution in [-0.2, 0) is 0 Å². The zero-order valence-electron chi connectivity index (χ0n) is 13.3. The number of hydrogen-bond acceptors (Lipinski definition) is 4. The number of ether oxygens (including phenoxy) is 2. The third-order valence-electron chi connectivity index (χ3n) is 4.31. The second kappa shape index (κ2) is 8.25. The van der Waals surface area contributed by atoms with Crippen molar-refractivity contribution in [1.29, 1.82) is 0 Å². The highest BCUT2D eigenvalue weighted by atomic mass is 16.5. The van der Waals surface area contributed by atoms with Gasteiger partial charge in [0.15, 0.2) is 11.5 Å². The molecule has 0 bridgehead atoms. The van der Waals surface area contributed by atoms with Gasteiger partial charge in [-0.25, -0.2) is 0 Å². The van der Waals surface area contributed by atoms with Crippen molar-refractivity contribution in [3.8, 4) is 11.5 Å². The molecule has 0 aliphatic carbocycles. The fraction of sp³-hybridized carbons (Fsp3) is 0.647. The van der Waals surface area contributed by atoms with Crippen molar-refractivity contribution in [3.63, 3.8) is 0 Å². The van der Waals surface area contributed by atoms with Crippen LogP contribution in [0, 0.1) is 11.8 Å². The number of para-hydroxylation sites is 2. The van der Waals surface area contributed by atoms with Crippen molar-refractivity contribution in [3.05, 3.63) is 24.3 Å². The number of rotatable bonds is 7. The van der Waals surface area contributed by atoms with Crippen molar-refractivity contribution in [2.45, 2.75) is 20.3 Å². The van der Waals surface area contributed by atoms with Gasteiger partial charge in [-0.05, 0) is 50.4 Å². The topological polar surface area (TPSA) is 47.7 Å². The van der Waals surface area contributed by atoms with Crippen LogP contribution in [0.1, 0.15) is 20.3 Å². The third kappa shape index (κ3) is 4.61. The van der Waals surface area contributed by atoms with Gasteiger partial charge in [-0.1, -0.05) is 19.1 Å². The molecule has 1 aromatic rings. The first kappa shape index (κ1) is 16.1. The predicted octanol–water partition coefficient (Wildman–Crippen LogP) is 2.38. The Morgan fingerprint density at radius 1 is 1.24 bits per heavy atom. The molecule has 2 unspecified atom stereocenters. The summed E-state index contributed by atoms with van der Waals surface area (Å²) in [5, 5.41) is 0. The van der Waals surface area contributed by atoms with Crippen LogP contribution in [0.2, 0.25) is 0 Å². The highest BCUT2D eigenvalue weighted by Gasteiger charge is 2.24. The van der Waals surface area contributed by atoms with E-state index in [4.69, 9.17) is 15.2 Å². The summed E-state index contributed by atoms with van der Waals surface area (Å²) in [4.78, 5) is 2.46. The lowest BCUT2D eigenvalue weighted by Crippen LogP contribution is -2.44. The molecule has 1 aliphatic rings. The fourth-order valence-corrected chi connectivity index (χ4v) is 2.86. The molecular formula is C17H28N2O2. The third-order valence-corrected chi connectivity index (χ3v) is 4.31. The molecule has 2 N–H and O–H groups in total. The van der Waals surface area contributed by atoms with E-state index in [1.165, 1.54) is 6.42 Å². The van der Waals surface area contributed by atoms with Gasteiger partial charge in [0.05, 0.1) is 6.61 Å². The molecule has 0 aromatic heterocycles. The molecule has 21 heavy (non-hydrogen) atoms. The molecule has 0 spiro atoms. The summed E-state index contributed by atoms with van der Waals surface area (Å²) in [6.45, 7) is 9.61. The molecule has 1 heterocycles. The number of nitrogens with two attached hydrogens (primary N) is 1. The fourth-order valence-electron chi connectivity index (χ4n) is 2.86. The molecule has 4 nitrogen and oxygen atoms in total. The number of nitrogens with zero attached hydrogens (tertiary/aromatic N) is 1. The average molecular weight is 292 g/mol. The van der Waals surface area contributed by atoms with E-state index < -0.39 is 0 Å². The largest absolute Gasteiger partial charge is 0.490 e. The first-order chi connectivity index (χ1) is 10.2. The molecule has 0 saturated carbocycles. The summed E-state index contributed by atoms with van der Waals surface area (Å²) in [6, 6.07) is 7.86. The van der Waals surface area contributed by atoms with E-state index in [9.17, 15) is 0 Å². The van der Waals surface area contributed by atoms with Crippen LogP contribution in [0.15, 0.2) is 24.3 Å². The van der Waals surface area contributed by atoms with E-state index in [1.54, 1.807) is 0 Å². The Hall–Kier alpha value is -1.26. The van der Waals surface area contributed by atoms with Crippen LogP contribution in [0.3, 0.4) is 0 Å². The minimum atomic E-state index is 0.620. The summed E-state index contributed by atoms with van der Waals surface area (Å²) in [7, 11) is 0. The Morgan fingerprint density at radius 3 is 2.62 bits per heavy atom. The zero-order valence-corrected chi connectivity index (χ0v) is 13.3. The van der Waals surface area contributed by atoms with E-state index in [2.05, 4.69) is 11.8 Å². The van der Waals surface area contributed by atoms with E-state index >= 15 is 0 Å². The molecule has 2 rings (SSSR count). The highest BCUT2D eigenvalue weighted by molar-refractivity contribution is 5.39. The van der Waals surface area contributed by atoms with Crippen LogP contribution < -0.4 is 15.2 Å². The summed E-state index contributed by atoms with van der Waals surface area (Å²) in [5.74, 6) is 3.02. The van der Waals surface area contributed by atoms with Gasteiger partial charge in [-0.2, -0.15) is 0 Å². The van der Waals surface area contributed by atoms with Crippen LogP contribution in [0.4, 0.5) is 0 Å². The Kier molecular flexibility index (Phi) is 6.33. The predicted molar refractivity (Wildman–Crippen MR) is 85.9 cm³/mol. The van der Waals surface area contributed by atoms with Gasteiger partial charge < -0.3 is 15.2 Å². The van der Waals surface area contributed by atoms with E-state index in [0.717, 1.165) is 43.6 Å². The average Bonchev–Trinajstić information content (AvgIpc) is 2.51. The Morgan fingerprint density at radius 2 is 1.95 bits per heavy atom. The summed E-state index contributed by atoms with van der Waals surface area (Å²) < 4.78 is 11.5. The van der Waals surface area contributed by atoms with Gasteiger partial charge in [-0.3, -0.25) is 4.90 Å². The van der Waals surface area contributed by atoms with Crippen LogP contribution in [0.25, 0.3) is 0 Å². The van der Waals surface area contributed by atoms with Crippen molar-refractivity contribution in [2.24, 2.45) is 17.6 Å². The SMILES string of the molecule is CCOc1ccccc1OCCN1CCC(C)C(CN)C1. The molecule has 1 fully saturated rings. The van der Waals surface area contributed by atoms with E-state index in [0.29, 0.717) is 19.1 Å². The lowest BCUT2D eigenvalue weighted by molar-refractivity contribution is 0.113. The van der Waals surface area contributed by atoms with Gasteiger partial charge in [0.1, 0.15) is 6.61 Å². The van der Waals surface area contributed by atoms with Crippen LogP contribution >= 0.6 is 0 Å². The molecular weight excluding hydrogens is 264 g/mol. The molecule has 1 saturated heterocycles. The molecule has 2 atom stereocenters. The molecule has 4 heteroatoms. The Bertz CT molecular complexity index is 425. The maximum atomic E-state index is 5.89. The number of likely N-dealkylation sites (tertiary alicyclic amines) is 1. The van der Waals surface area contributed by atoms with Crippen molar-refractivity contribution in [1.82, 2.24) is 4.90 Å². The number of hydrogen-bond donors (Lipinski definition) is 1. The van der Waals surface area contributed by atoms with Crippen molar-refractivity contribution < 1.29 is 9.47 Å². The lowest BCUT2D eigenvalue weighted by Gasteiger charge is -2.36. The van der Waals surface area contributed by atoms with Crippen LogP contribution in [-0.4, -0.2) is 44.3 Å². The molecule has 0 radical (unpaired) electrons. The van der Waals surface area contributed by atoms with Gasteiger partial charge in [0, 0.05) is 13.1 Å². The Labute approximate surface area is 128 Å². The zero-order chi connectivity index (χ0) is 15.1. The monoisotopic (exact) mass is 292 g/mol. The van der Waals surface area contributed by atoms with Crippen LogP contribution in [0.5, 0.6) is 11.5 Å². The van der Waals surface area contributed by atoms with Gasteiger partial charge >= 0.3 is 0 Å². The van der Waals surface area contributed by atoms with Crippen molar-refractivity contribution >= 4 is 0 Å². The smallest absolute Gasteiger partial charge is 0.161 e.